The fraction of sp³-hybridized carbons (Fsp3) is 0.391. The Morgan fingerprint density at radius 2 is 1.77 bits per heavy atom. The van der Waals surface area contributed by atoms with Gasteiger partial charge in [0.1, 0.15) is 17.6 Å². The number of halogens is 1. The number of hydrogen-bond acceptors (Lipinski definition) is 4. The van der Waals surface area contributed by atoms with Crippen LogP contribution in [0.2, 0.25) is 0 Å². The van der Waals surface area contributed by atoms with Crippen molar-refractivity contribution in [2.24, 2.45) is 0 Å². The number of benzene rings is 2. The van der Waals surface area contributed by atoms with Crippen LogP contribution >= 0.6 is 11.8 Å². The highest BCUT2D eigenvalue weighted by Crippen LogP contribution is 2.19. The number of methoxy groups -OCH3 is 1. The quantitative estimate of drug-likeness (QED) is 0.616. The van der Waals surface area contributed by atoms with Crippen LogP contribution in [-0.2, 0) is 21.9 Å². The van der Waals surface area contributed by atoms with E-state index in [4.69, 9.17) is 4.74 Å². The van der Waals surface area contributed by atoms with Crippen LogP contribution in [0.4, 0.5) is 4.39 Å². The van der Waals surface area contributed by atoms with Crippen LogP contribution in [0.3, 0.4) is 0 Å². The minimum Gasteiger partial charge on any atom is -0.497 e. The lowest BCUT2D eigenvalue weighted by molar-refractivity contribution is -0.138. The Labute approximate surface area is 182 Å². The lowest BCUT2D eigenvalue weighted by Crippen LogP contribution is -2.49. The van der Waals surface area contributed by atoms with Crippen molar-refractivity contribution in [1.82, 2.24) is 10.2 Å². The van der Waals surface area contributed by atoms with Gasteiger partial charge >= 0.3 is 0 Å². The van der Waals surface area contributed by atoms with Crippen LogP contribution in [0.1, 0.15) is 31.9 Å². The summed E-state index contributed by atoms with van der Waals surface area (Å²) in [7, 11) is 1.59. The third kappa shape index (κ3) is 7.06. The molecule has 2 aromatic rings. The SMILES string of the molecule is COc1ccc(CN(C(=O)CSCc2ccccc2F)C(C)C(=O)NC(C)C)cc1. The number of carbonyl (C=O) groups is 2. The van der Waals surface area contributed by atoms with Crippen LogP contribution in [0.15, 0.2) is 48.5 Å². The molecule has 1 atom stereocenters. The summed E-state index contributed by atoms with van der Waals surface area (Å²) in [4.78, 5) is 27.1. The third-order valence-corrected chi connectivity index (χ3v) is 5.52. The van der Waals surface area contributed by atoms with Gasteiger partial charge in [-0.2, -0.15) is 0 Å². The molecular formula is C23H29FN2O3S. The Morgan fingerprint density at radius 3 is 2.37 bits per heavy atom. The second-order valence-corrected chi connectivity index (χ2v) is 8.28. The lowest BCUT2D eigenvalue weighted by atomic mass is 10.1. The zero-order valence-corrected chi connectivity index (χ0v) is 18.7. The third-order valence-electron chi connectivity index (χ3n) is 4.55. The molecule has 5 nitrogen and oxygen atoms in total. The topological polar surface area (TPSA) is 58.6 Å². The van der Waals surface area contributed by atoms with E-state index in [1.165, 1.54) is 17.8 Å². The van der Waals surface area contributed by atoms with E-state index in [0.29, 0.717) is 17.9 Å². The van der Waals surface area contributed by atoms with E-state index in [2.05, 4.69) is 5.32 Å². The number of nitrogens with zero attached hydrogens (tertiary/aromatic N) is 1. The molecule has 0 aliphatic heterocycles. The molecule has 0 spiro atoms. The highest BCUT2D eigenvalue weighted by atomic mass is 32.2. The maximum absolute atomic E-state index is 13.8. The van der Waals surface area contributed by atoms with E-state index in [1.807, 2.05) is 38.1 Å². The molecular weight excluding hydrogens is 403 g/mol. The summed E-state index contributed by atoms with van der Waals surface area (Å²) in [6.07, 6.45) is 0. The summed E-state index contributed by atoms with van der Waals surface area (Å²) in [6.45, 7) is 5.78. The van der Waals surface area contributed by atoms with Crippen molar-refractivity contribution in [1.29, 1.82) is 0 Å². The van der Waals surface area contributed by atoms with E-state index >= 15 is 0 Å². The zero-order valence-electron chi connectivity index (χ0n) is 17.9. The molecule has 1 N–H and O–H groups in total. The van der Waals surface area contributed by atoms with Crippen LogP contribution < -0.4 is 10.1 Å². The van der Waals surface area contributed by atoms with E-state index in [9.17, 15) is 14.0 Å². The summed E-state index contributed by atoms with van der Waals surface area (Å²) >= 11 is 1.33. The maximum atomic E-state index is 13.8. The van der Waals surface area contributed by atoms with Crippen LogP contribution in [0.5, 0.6) is 5.75 Å². The largest absolute Gasteiger partial charge is 0.497 e. The second-order valence-electron chi connectivity index (χ2n) is 7.29. The monoisotopic (exact) mass is 432 g/mol. The standard InChI is InChI=1S/C23H29FN2O3S/c1-16(2)25-23(28)17(3)26(13-18-9-11-20(29-4)12-10-18)22(27)15-30-14-19-7-5-6-8-21(19)24/h5-12,16-17H,13-15H2,1-4H3,(H,25,28). The van der Waals surface area contributed by atoms with Crippen molar-refractivity contribution in [3.63, 3.8) is 0 Å². The van der Waals surface area contributed by atoms with Crippen molar-refractivity contribution >= 4 is 23.6 Å². The lowest BCUT2D eigenvalue weighted by Gasteiger charge is -2.29. The minimum atomic E-state index is -0.629. The number of carbonyl (C=O) groups excluding carboxylic acids is 2. The van der Waals surface area contributed by atoms with Crippen molar-refractivity contribution < 1.29 is 18.7 Å². The zero-order chi connectivity index (χ0) is 22.1. The summed E-state index contributed by atoms with van der Waals surface area (Å²) in [5.74, 6) is 0.620. The van der Waals surface area contributed by atoms with E-state index in [-0.39, 0.29) is 29.4 Å². The van der Waals surface area contributed by atoms with Gasteiger partial charge in [-0.3, -0.25) is 9.59 Å². The highest BCUT2D eigenvalue weighted by molar-refractivity contribution is 7.99. The number of ether oxygens (including phenoxy) is 1. The van der Waals surface area contributed by atoms with Gasteiger partial charge in [0.25, 0.3) is 0 Å². The first kappa shape index (κ1) is 23.7. The first-order valence-corrected chi connectivity index (χ1v) is 11.0. The Morgan fingerprint density at radius 1 is 1.10 bits per heavy atom. The molecule has 0 heterocycles. The van der Waals surface area contributed by atoms with Gasteiger partial charge in [-0.25, -0.2) is 4.39 Å². The molecule has 0 aliphatic rings. The van der Waals surface area contributed by atoms with Gasteiger partial charge in [0.2, 0.25) is 11.8 Å². The van der Waals surface area contributed by atoms with Crippen molar-refractivity contribution in [3.8, 4) is 5.75 Å². The molecule has 7 heteroatoms. The number of nitrogens with one attached hydrogen (secondary N) is 1. The molecule has 162 valence electrons. The predicted octanol–water partition coefficient (Wildman–Crippen LogP) is 4.01. The molecule has 0 fully saturated rings. The number of rotatable bonds is 10. The van der Waals surface area contributed by atoms with Crippen molar-refractivity contribution in [2.75, 3.05) is 12.9 Å². The average molecular weight is 433 g/mol. The molecule has 0 aromatic heterocycles. The number of amides is 2. The van der Waals surface area contributed by atoms with Gasteiger partial charge in [-0.05, 0) is 50.1 Å². The summed E-state index contributed by atoms with van der Waals surface area (Å²) in [6, 6.07) is 13.3. The maximum Gasteiger partial charge on any atom is 0.242 e. The molecule has 0 radical (unpaired) electrons. The second kappa shape index (κ2) is 11.6. The predicted molar refractivity (Wildman–Crippen MR) is 119 cm³/mol. The van der Waals surface area contributed by atoms with Gasteiger partial charge in [-0.15, -0.1) is 11.8 Å². The first-order chi connectivity index (χ1) is 14.3. The Bertz CT molecular complexity index is 843. The van der Waals surface area contributed by atoms with E-state index < -0.39 is 6.04 Å². The molecule has 30 heavy (non-hydrogen) atoms. The molecule has 1 unspecified atom stereocenters. The van der Waals surface area contributed by atoms with Crippen molar-refractivity contribution in [2.45, 2.75) is 45.2 Å². The smallest absolute Gasteiger partial charge is 0.242 e. The molecule has 0 saturated heterocycles. The van der Waals surface area contributed by atoms with Gasteiger partial charge in [0, 0.05) is 18.3 Å². The number of thioether (sulfide) groups is 1. The summed E-state index contributed by atoms with van der Waals surface area (Å²) < 4.78 is 19.0. The van der Waals surface area contributed by atoms with E-state index in [0.717, 1.165) is 11.3 Å². The number of hydrogen-bond donors (Lipinski definition) is 1. The van der Waals surface area contributed by atoms with Crippen molar-refractivity contribution in [3.05, 3.63) is 65.5 Å². The van der Waals surface area contributed by atoms with Crippen LogP contribution in [0.25, 0.3) is 0 Å². The summed E-state index contributed by atoms with van der Waals surface area (Å²) in [5, 5.41) is 2.86. The Hall–Kier alpha value is -2.54. The van der Waals surface area contributed by atoms with E-state index in [1.54, 1.807) is 37.1 Å². The minimum absolute atomic E-state index is 0.0201. The molecule has 2 amide bonds. The average Bonchev–Trinajstić information content (AvgIpc) is 2.72. The Balaban J connectivity index is 2.08. The first-order valence-electron chi connectivity index (χ1n) is 9.85. The normalized spacial score (nSPS) is 11.8. The summed E-state index contributed by atoms with van der Waals surface area (Å²) in [5.41, 5.74) is 1.45. The van der Waals surface area contributed by atoms with Gasteiger partial charge in [0.05, 0.1) is 12.9 Å². The van der Waals surface area contributed by atoms with Gasteiger partial charge in [-0.1, -0.05) is 30.3 Å². The molecule has 2 rings (SSSR count). The van der Waals surface area contributed by atoms with Crippen LogP contribution in [0, 0.1) is 5.82 Å². The molecule has 0 saturated carbocycles. The highest BCUT2D eigenvalue weighted by Gasteiger charge is 2.26. The fourth-order valence-corrected chi connectivity index (χ4v) is 3.76. The van der Waals surface area contributed by atoms with Crippen LogP contribution in [-0.4, -0.2) is 41.7 Å². The molecule has 0 bridgehead atoms. The molecule has 0 aliphatic carbocycles. The van der Waals surface area contributed by atoms with Gasteiger partial charge < -0.3 is 15.0 Å². The Kier molecular flexibility index (Phi) is 9.17. The van der Waals surface area contributed by atoms with Gasteiger partial charge in [0.15, 0.2) is 0 Å². The molecule has 2 aromatic carbocycles. The fourth-order valence-electron chi connectivity index (χ4n) is 2.86.